The fraction of sp³-hybridized carbons (Fsp3) is 0.235. The van der Waals surface area contributed by atoms with Crippen molar-refractivity contribution in [3.63, 3.8) is 0 Å². The molecule has 2 N–H and O–H groups in total. The Kier molecular flexibility index (Phi) is 4.25. The molecule has 2 aromatic carbocycles. The SMILES string of the molecule is CNCCOc1cccc2c1[nH]c(=O)n2Cc1ccccc1. The summed E-state index contributed by atoms with van der Waals surface area (Å²) in [6, 6.07) is 15.7. The number of aromatic amines is 1. The van der Waals surface area contributed by atoms with E-state index in [0.29, 0.717) is 18.9 Å². The molecule has 0 amide bonds. The summed E-state index contributed by atoms with van der Waals surface area (Å²) in [6.45, 7) is 1.85. The van der Waals surface area contributed by atoms with Crippen LogP contribution in [-0.2, 0) is 6.54 Å². The zero-order valence-electron chi connectivity index (χ0n) is 12.5. The maximum absolute atomic E-state index is 12.3. The standard InChI is InChI=1S/C17H19N3O2/c1-18-10-11-22-15-9-5-8-14-16(15)19-17(21)20(14)12-13-6-3-2-4-7-13/h2-9,18H,10-12H2,1H3,(H,19,21). The molecule has 0 saturated carbocycles. The van der Waals surface area contributed by atoms with Crippen molar-refractivity contribution < 1.29 is 4.74 Å². The normalized spacial score (nSPS) is 11.0. The fourth-order valence-electron chi connectivity index (χ4n) is 2.46. The minimum atomic E-state index is -0.122. The molecule has 0 aliphatic heterocycles. The molecule has 1 aromatic heterocycles. The van der Waals surface area contributed by atoms with Gasteiger partial charge in [0.1, 0.15) is 17.9 Å². The van der Waals surface area contributed by atoms with Gasteiger partial charge in [0.25, 0.3) is 0 Å². The summed E-state index contributed by atoms with van der Waals surface area (Å²) in [5.41, 5.74) is 2.57. The summed E-state index contributed by atoms with van der Waals surface area (Å²) in [5, 5.41) is 3.03. The van der Waals surface area contributed by atoms with Crippen molar-refractivity contribution in [2.75, 3.05) is 20.2 Å². The van der Waals surface area contributed by atoms with Gasteiger partial charge in [0.15, 0.2) is 0 Å². The maximum Gasteiger partial charge on any atom is 0.326 e. The van der Waals surface area contributed by atoms with Crippen LogP contribution in [0, 0.1) is 0 Å². The number of para-hydroxylation sites is 1. The van der Waals surface area contributed by atoms with Crippen LogP contribution in [0.25, 0.3) is 11.0 Å². The van der Waals surface area contributed by atoms with Crippen LogP contribution in [0.5, 0.6) is 5.75 Å². The van der Waals surface area contributed by atoms with E-state index in [2.05, 4.69) is 10.3 Å². The number of nitrogens with one attached hydrogen (secondary N) is 2. The first-order valence-corrected chi connectivity index (χ1v) is 7.32. The van der Waals surface area contributed by atoms with Crippen molar-refractivity contribution in [2.45, 2.75) is 6.54 Å². The van der Waals surface area contributed by atoms with E-state index in [-0.39, 0.29) is 5.69 Å². The van der Waals surface area contributed by atoms with E-state index in [0.717, 1.165) is 23.1 Å². The first-order valence-electron chi connectivity index (χ1n) is 7.32. The molecule has 114 valence electrons. The summed E-state index contributed by atoms with van der Waals surface area (Å²) in [6.07, 6.45) is 0. The highest BCUT2D eigenvalue weighted by atomic mass is 16.5. The molecule has 0 fully saturated rings. The Labute approximate surface area is 128 Å². The van der Waals surface area contributed by atoms with E-state index in [4.69, 9.17) is 4.74 Å². The minimum absolute atomic E-state index is 0.122. The summed E-state index contributed by atoms with van der Waals surface area (Å²) in [5.74, 6) is 0.705. The molecule has 3 aromatic rings. The first kappa shape index (κ1) is 14.4. The molecular formula is C17H19N3O2. The zero-order chi connectivity index (χ0) is 15.4. The quantitative estimate of drug-likeness (QED) is 0.684. The number of rotatable bonds is 6. The van der Waals surface area contributed by atoms with E-state index in [1.54, 1.807) is 4.57 Å². The maximum atomic E-state index is 12.3. The predicted octanol–water partition coefficient (Wildman–Crippen LogP) is 1.98. The lowest BCUT2D eigenvalue weighted by Gasteiger charge is -2.07. The highest BCUT2D eigenvalue weighted by Crippen LogP contribution is 2.23. The number of fused-ring (bicyclic) bond motifs is 1. The van der Waals surface area contributed by atoms with Crippen LogP contribution >= 0.6 is 0 Å². The van der Waals surface area contributed by atoms with Crippen LogP contribution in [0.4, 0.5) is 0 Å². The van der Waals surface area contributed by atoms with Gasteiger partial charge in [-0.2, -0.15) is 0 Å². The lowest BCUT2D eigenvalue weighted by molar-refractivity contribution is 0.321. The number of aromatic nitrogens is 2. The van der Waals surface area contributed by atoms with Crippen LogP contribution < -0.4 is 15.7 Å². The van der Waals surface area contributed by atoms with Crippen molar-refractivity contribution in [3.8, 4) is 5.75 Å². The third-order valence-corrected chi connectivity index (χ3v) is 3.57. The monoisotopic (exact) mass is 297 g/mol. The van der Waals surface area contributed by atoms with Crippen molar-refractivity contribution in [2.24, 2.45) is 0 Å². The number of hydrogen-bond acceptors (Lipinski definition) is 3. The number of hydrogen-bond donors (Lipinski definition) is 2. The second kappa shape index (κ2) is 6.49. The number of imidazole rings is 1. The van der Waals surface area contributed by atoms with E-state index >= 15 is 0 Å². The van der Waals surface area contributed by atoms with Crippen LogP contribution in [0.1, 0.15) is 5.56 Å². The number of nitrogens with zero attached hydrogens (tertiary/aromatic N) is 1. The highest BCUT2D eigenvalue weighted by molar-refractivity contribution is 5.81. The van der Waals surface area contributed by atoms with Crippen molar-refractivity contribution in [1.82, 2.24) is 14.9 Å². The van der Waals surface area contributed by atoms with Crippen molar-refractivity contribution >= 4 is 11.0 Å². The van der Waals surface area contributed by atoms with Gasteiger partial charge in [-0.3, -0.25) is 4.57 Å². The van der Waals surface area contributed by atoms with Crippen molar-refractivity contribution in [1.29, 1.82) is 0 Å². The Hall–Kier alpha value is -2.53. The van der Waals surface area contributed by atoms with Crippen LogP contribution in [0.2, 0.25) is 0 Å². The fourth-order valence-corrected chi connectivity index (χ4v) is 2.46. The smallest absolute Gasteiger partial charge is 0.326 e. The summed E-state index contributed by atoms with van der Waals surface area (Å²) < 4.78 is 7.46. The van der Waals surface area contributed by atoms with Crippen LogP contribution in [0.15, 0.2) is 53.3 Å². The summed E-state index contributed by atoms with van der Waals surface area (Å²) in [4.78, 5) is 15.2. The topological polar surface area (TPSA) is 59.0 Å². The third kappa shape index (κ3) is 2.89. The Morgan fingerprint density at radius 2 is 1.95 bits per heavy atom. The average Bonchev–Trinajstić information content (AvgIpc) is 2.86. The third-order valence-electron chi connectivity index (χ3n) is 3.57. The van der Waals surface area contributed by atoms with Gasteiger partial charge in [-0.25, -0.2) is 4.79 Å². The predicted molar refractivity (Wildman–Crippen MR) is 87.5 cm³/mol. The molecule has 0 spiro atoms. The molecule has 0 aliphatic rings. The van der Waals surface area contributed by atoms with Gasteiger partial charge in [-0.05, 0) is 24.7 Å². The molecular weight excluding hydrogens is 278 g/mol. The van der Waals surface area contributed by atoms with Gasteiger partial charge in [0.05, 0.1) is 12.1 Å². The molecule has 5 nitrogen and oxygen atoms in total. The van der Waals surface area contributed by atoms with E-state index < -0.39 is 0 Å². The molecule has 22 heavy (non-hydrogen) atoms. The molecule has 0 atom stereocenters. The van der Waals surface area contributed by atoms with Gasteiger partial charge in [-0.1, -0.05) is 36.4 Å². The lowest BCUT2D eigenvalue weighted by atomic mass is 10.2. The van der Waals surface area contributed by atoms with Crippen molar-refractivity contribution in [3.05, 3.63) is 64.6 Å². The van der Waals surface area contributed by atoms with Crippen LogP contribution in [-0.4, -0.2) is 29.8 Å². The molecule has 0 bridgehead atoms. The molecule has 1 heterocycles. The molecule has 0 unspecified atom stereocenters. The number of likely N-dealkylation sites (N-methyl/N-ethyl adjacent to an activating group) is 1. The molecule has 0 radical (unpaired) electrons. The average molecular weight is 297 g/mol. The number of benzene rings is 2. The Balaban J connectivity index is 1.96. The molecule has 5 heteroatoms. The van der Waals surface area contributed by atoms with E-state index in [1.807, 2.05) is 55.6 Å². The summed E-state index contributed by atoms with van der Waals surface area (Å²) in [7, 11) is 1.88. The van der Waals surface area contributed by atoms with Gasteiger partial charge in [0.2, 0.25) is 0 Å². The number of ether oxygens (including phenoxy) is 1. The molecule has 3 rings (SSSR count). The molecule has 0 saturated heterocycles. The second-order valence-electron chi connectivity index (χ2n) is 5.10. The molecule has 0 aliphatic carbocycles. The van der Waals surface area contributed by atoms with Gasteiger partial charge < -0.3 is 15.0 Å². The zero-order valence-corrected chi connectivity index (χ0v) is 12.5. The minimum Gasteiger partial charge on any atom is -0.490 e. The highest BCUT2D eigenvalue weighted by Gasteiger charge is 2.11. The Morgan fingerprint density at radius 3 is 2.73 bits per heavy atom. The van der Waals surface area contributed by atoms with Gasteiger partial charge in [0, 0.05) is 6.54 Å². The van der Waals surface area contributed by atoms with E-state index in [9.17, 15) is 4.79 Å². The largest absolute Gasteiger partial charge is 0.490 e. The number of H-pyrrole nitrogens is 1. The van der Waals surface area contributed by atoms with Gasteiger partial charge in [-0.15, -0.1) is 0 Å². The lowest BCUT2D eigenvalue weighted by Crippen LogP contribution is -2.17. The second-order valence-corrected chi connectivity index (χ2v) is 5.10. The Bertz CT molecular complexity index is 806. The van der Waals surface area contributed by atoms with Gasteiger partial charge >= 0.3 is 5.69 Å². The first-order chi connectivity index (χ1) is 10.8. The Morgan fingerprint density at radius 1 is 1.14 bits per heavy atom. The summed E-state index contributed by atoms with van der Waals surface area (Å²) >= 11 is 0. The van der Waals surface area contributed by atoms with E-state index in [1.165, 1.54) is 0 Å². The van der Waals surface area contributed by atoms with Crippen LogP contribution in [0.3, 0.4) is 0 Å².